The van der Waals surface area contributed by atoms with Gasteiger partial charge in [0.15, 0.2) is 11.5 Å². The van der Waals surface area contributed by atoms with E-state index in [1.807, 2.05) is 60.1 Å². The summed E-state index contributed by atoms with van der Waals surface area (Å²) < 4.78 is 13.1. The summed E-state index contributed by atoms with van der Waals surface area (Å²) in [6, 6.07) is 7.95. The highest BCUT2D eigenvalue weighted by molar-refractivity contribution is 5.76. The first-order valence-corrected chi connectivity index (χ1v) is 9.95. The van der Waals surface area contributed by atoms with Gasteiger partial charge in [-0.3, -0.25) is 0 Å². The second kappa shape index (κ2) is 7.67. The van der Waals surface area contributed by atoms with Crippen molar-refractivity contribution >= 4 is 28.5 Å². The number of aromatic nitrogens is 4. The number of hydrogen-bond acceptors (Lipinski definition) is 8. The number of imidazole rings is 1. The predicted octanol–water partition coefficient (Wildman–Crippen LogP) is 3.41. The SMILES string of the molecule is COc1cc(Nc2nc(-c3cnc4c(c3)NCCO4)cn3ccnc23)ccc1N(C)C. The van der Waals surface area contributed by atoms with E-state index < -0.39 is 0 Å². The molecule has 5 rings (SSSR count). The maximum Gasteiger partial charge on any atom is 0.237 e. The van der Waals surface area contributed by atoms with E-state index in [0.29, 0.717) is 18.3 Å². The normalized spacial score (nSPS) is 12.6. The zero-order valence-corrected chi connectivity index (χ0v) is 17.6. The van der Waals surface area contributed by atoms with Crippen molar-refractivity contribution in [3.05, 3.63) is 49.1 Å². The minimum Gasteiger partial charge on any atom is -0.495 e. The molecule has 1 aromatic carbocycles. The molecule has 3 aromatic heterocycles. The van der Waals surface area contributed by atoms with Crippen molar-refractivity contribution in [1.82, 2.24) is 19.4 Å². The summed E-state index contributed by atoms with van der Waals surface area (Å²) in [5, 5.41) is 6.71. The summed E-state index contributed by atoms with van der Waals surface area (Å²) in [5.74, 6) is 2.03. The third-order valence-electron chi connectivity index (χ3n) is 5.10. The molecule has 9 heteroatoms. The van der Waals surface area contributed by atoms with Gasteiger partial charge in [-0.1, -0.05) is 0 Å². The first-order chi connectivity index (χ1) is 15.1. The molecule has 1 aliphatic heterocycles. The lowest BCUT2D eigenvalue weighted by molar-refractivity contribution is 0.310. The summed E-state index contributed by atoms with van der Waals surface area (Å²) in [6.45, 7) is 1.37. The van der Waals surface area contributed by atoms with Gasteiger partial charge >= 0.3 is 0 Å². The van der Waals surface area contributed by atoms with Gasteiger partial charge in [-0.05, 0) is 18.2 Å². The zero-order chi connectivity index (χ0) is 21.4. The minimum absolute atomic E-state index is 0.614. The fourth-order valence-corrected chi connectivity index (χ4v) is 3.58. The Morgan fingerprint density at radius 3 is 2.97 bits per heavy atom. The molecule has 0 amide bonds. The molecule has 2 N–H and O–H groups in total. The van der Waals surface area contributed by atoms with E-state index >= 15 is 0 Å². The standard InChI is InChI=1S/C22H23N7O2/c1-28(2)18-5-4-15(11-19(18)30-3)26-20-21-24-6-8-29(21)13-17(27-20)14-10-16-22(25-12-14)31-9-7-23-16/h4-6,8,10-13,23H,7,9H2,1-3H3,(H,26,27). The molecular weight excluding hydrogens is 394 g/mol. The average Bonchev–Trinajstić information content (AvgIpc) is 3.27. The molecule has 31 heavy (non-hydrogen) atoms. The number of fused-ring (bicyclic) bond motifs is 2. The topological polar surface area (TPSA) is 88.8 Å². The number of hydrogen-bond donors (Lipinski definition) is 2. The summed E-state index contributed by atoms with van der Waals surface area (Å²) in [4.78, 5) is 15.7. The smallest absolute Gasteiger partial charge is 0.237 e. The van der Waals surface area contributed by atoms with Crippen LogP contribution in [0.5, 0.6) is 11.6 Å². The zero-order valence-electron chi connectivity index (χ0n) is 17.6. The Morgan fingerprint density at radius 2 is 2.13 bits per heavy atom. The summed E-state index contributed by atoms with van der Waals surface area (Å²) >= 11 is 0. The van der Waals surface area contributed by atoms with Crippen molar-refractivity contribution in [2.75, 3.05) is 49.9 Å². The van der Waals surface area contributed by atoms with Crippen LogP contribution >= 0.6 is 0 Å². The van der Waals surface area contributed by atoms with E-state index in [-0.39, 0.29) is 0 Å². The van der Waals surface area contributed by atoms with E-state index in [1.54, 1.807) is 19.5 Å². The van der Waals surface area contributed by atoms with Gasteiger partial charge in [0.05, 0.1) is 24.2 Å². The monoisotopic (exact) mass is 417 g/mol. The van der Waals surface area contributed by atoms with Crippen molar-refractivity contribution in [2.45, 2.75) is 0 Å². The second-order valence-electron chi connectivity index (χ2n) is 7.39. The molecule has 0 saturated heterocycles. The van der Waals surface area contributed by atoms with Gasteiger partial charge in [0.1, 0.15) is 12.4 Å². The van der Waals surface area contributed by atoms with Crippen LogP contribution in [0.4, 0.5) is 22.9 Å². The van der Waals surface area contributed by atoms with Crippen LogP contribution < -0.4 is 25.0 Å². The molecular formula is C22H23N7O2. The first-order valence-electron chi connectivity index (χ1n) is 9.95. The van der Waals surface area contributed by atoms with Gasteiger partial charge in [-0.25, -0.2) is 15.0 Å². The lowest BCUT2D eigenvalue weighted by Gasteiger charge is -2.19. The third kappa shape index (κ3) is 3.54. The van der Waals surface area contributed by atoms with Crippen LogP contribution in [0.1, 0.15) is 0 Å². The fourth-order valence-electron chi connectivity index (χ4n) is 3.58. The van der Waals surface area contributed by atoms with Crippen LogP contribution in [0.15, 0.2) is 49.1 Å². The molecule has 4 aromatic rings. The molecule has 0 bridgehead atoms. The Balaban J connectivity index is 1.55. The van der Waals surface area contributed by atoms with E-state index in [0.717, 1.165) is 46.3 Å². The van der Waals surface area contributed by atoms with Crippen LogP contribution in [-0.2, 0) is 0 Å². The highest BCUT2D eigenvalue weighted by Gasteiger charge is 2.15. The highest BCUT2D eigenvalue weighted by Crippen LogP contribution is 2.33. The van der Waals surface area contributed by atoms with Gasteiger partial charge in [0, 0.05) is 62.7 Å². The van der Waals surface area contributed by atoms with Crippen LogP contribution in [0, 0.1) is 0 Å². The Kier molecular flexibility index (Phi) is 4.70. The molecule has 0 unspecified atom stereocenters. The third-order valence-corrected chi connectivity index (χ3v) is 5.10. The Labute approximate surface area is 179 Å². The lowest BCUT2D eigenvalue weighted by Crippen LogP contribution is -2.18. The van der Waals surface area contributed by atoms with Gasteiger partial charge in [0.2, 0.25) is 5.88 Å². The quantitative estimate of drug-likeness (QED) is 0.511. The number of benzene rings is 1. The Bertz CT molecular complexity index is 1250. The number of methoxy groups -OCH3 is 1. The van der Waals surface area contributed by atoms with Crippen molar-refractivity contribution in [1.29, 1.82) is 0 Å². The van der Waals surface area contributed by atoms with Crippen LogP contribution in [0.2, 0.25) is 0 Å². The van der Waals surface area contributed by atoms with Crippen LogP contribution in [0.3, 0.4) is 0 Å². The number of nitrogens with one attached hydrogen (secondary N) is 2. The summed E-state index contributed by atoms with van der Waals surface area (Å²) in [7, 11) is 5.63. The predicted molar refractivity (Wildman–Crippen MR) is 121 cm³/mol. The number of nitrogens with zero attached hydrogens (tertiary/aromatic N) is 5. The van der Waals surface area contributed by atoms with Crippen molar-refractivity contribution in [3.63, 3.8) is 0 Å². The fraction of sp³-hybridized carbons (Fsp3) is 0.227. The van der Waals surface area contributed by atoms with E-state index in [1.165, 1.54) is 0 Å². The Hall–Kier alpha value is -4.01. The van der Waals surface area contributed by atoms with Gasteiger partial charge in [-0.15, -0.1) is 0 Å². The van der Waals surface area contributed by atoms with Gasteiger partial charge < -0.3 is 29.4 Å². The number of rotatable bonds is 5. The maximum absolute atomic E-state index is 5.59. The average molecular weight is 417 g/mol. The maximum atomic E-state index is 5.59. The molecule has 0 radical (unpaired) electrons. The van der Waals surface area contributed by atoms with Crippen molar-refractivity contribution < 1.29 is 9.47 Å². The van der Waals surface area contributed by atoms with E-state index in [2.05, 4.69) is 20.6 Å². The highest BCUT2D eigenvalue weighted by atomic mass is 16.5. The van der Waals surface area contributed by atoms with Crippen molar-refractivity contribution in [2.24, 2.45) is 0 Å². The van der Waals surface area contributed by atoms with E-state index in [4.69, 9.17) is 14.5 Å². The summed E-state index contributed by atoms with van der Waals surface area (Å²) in [6.07, 6.45) is 7.36. The largest absolute Gasteiger partial charge is 0.495 e. The molecule has 0 fully saturated rings. The Morgan fingerprint density at radius 1 is 1.23 bits per heavy atom. The van der Waals surface area contributed by atoms with Crippen LogP contribution in [-0.4, -0.2) is 53.7 Å². The second-order valence-corrected chi connectivity index (χ2v) is 7.39. The number of pyridine rings is 1. The van der Waals surface area contributed by atoms with Crippen LogP contribution in [0.25, 0.3) is 16.9 Å². The molecule has 158 valence electrons. The molecule has 0 aliphatic carbocycles. The summed E-state index contributed by atoms with van der Waals surface area (Å²) in [5.41, 5.74) is 5.11. The molecule has 0 atom stereocenters. The van der Waals surface area contributed by atoms with Gasteiger partial charge in [0.25, 0.3) is 0 Å². The molecule has 4 heterocycles. The number of anilines is 4. The lowest BCUT2D eigenvalue weighted by atomic mass is 10.2. The molecule has 9 nitrogen and oxygen atoms in total. The molecule has 0 saturated carbocycles. The molecule has 1 aliphatic rings. The van der Waals surface area contributed by atoms with E-state index in [9.17, 15) is 0 Å². The molecule has 0 spiro atoms. The van der Waals surface area contributed by atoms with Crippen molar-refractivity contribution in [3.8, 4) is 22.9 Å². The first kappa shape index (κ1) is 19.0. The van der Waals surface area contributed by atoms with Gasteiger partial charge in [-0.2, -0.15) is 0 Å². The minimum atomic E-state index is 0.614. The number of ether oxygens (including phenoxy) is 2.